The van der Waals surface area contributed by atoms with Gasteiger partial charge in [-0.2, -0.15) is 5.10 Å². The highest BCUT2D eigenvalue weighted by Gasteiger charge is 2.08. The first kappa shape index (κ1) is 14.0. The minimum atomic E-state index is 0.407. The van der Waals surface area contributed by atoms with Crippen molar-refractivity contribution >= 4 is 15.9 Å². The summed E-state index contributed by atoms with van der Waals surface area (Å²) in [5.41, 5.74) is 1.89. The van der Waals surface area contributed by atoms with E-state index in [1.807, 2.05) is 23.7 Å². The lowest BCUT2D eigenvalue weighted by atomic mass is 10.3. The highest BCUT2D eigenvalue weighted by molar-refractivity contribution is 9.08. The molecule has 0 aliphatic rings. The molecule has 0 radical (unpaired) electrons. The molecule has 0 aliphatic carbocycles. The third-order valence-electron chi connectivity index (χ3n) is 2.69. The molecule has 0 atom stereocenters. The van der Waals surface area contributed by atoms with Crippen molar-refractivity contribution in [1.29, 1.82) is 0 Å². The molecule has 2 aromatic heterocycles. The number of aromatic nitrogens is 4. The summed E-state index contributed by atoms with van der Waals surface area (Å²) in [6, 6.07) is 3.89. The van der Waals surface area contributed by atoms with Gasteiger partial charge < -0.3 is 4.74 Å². The molecule has 0 aromatic carbocycles. The monoisotopic (exact) mass is 324 g/mol. The molecule has 2 rings (SSSR count). The van der Waals surface area contributed by atoms with Crippen LogP contribution in [0, 0.1) is 6.92 Å². The Balaban J connectivity index is 2.07. The maximum absolute atomic E-state index is 5.80. The summed E-state index contributed by atoms with van der Waals surface area (Å²) in [5, 5.41) is 4.85. The van der Waals surface area contributed by atoms with Gasteiger partial charge in [-0.05, 0) is 25.5 Å². The lowest BCUT2D eigenvalue weighted by Crippen LogP contribution is -2.09. The zero-order valence-corrected chi connectivity index (χ0v) is 12.7. The second-order valence-corrected chi connectivity index (χ2v) is 4.78. The highest BCUT2D eigenvalue weighted by atomic mass is 79.9. The number of alkyl halides is 1. The van der Waals surface area contributed by atoms with Gasteiger partial charge in [-0.1, -0.05) is 22.9 Å². The van der Waals surface area contributed by atoms with Gasteiger partial charge in [0.15, 0.2) is 5.82 Å². The third kappa shape index (κ3) is 3.53. The van der Waals surface area contributed by atoms with Crippen LogP contribution < -0.4 is 4.74 Å². The Kier molecular flexibility index (Phi) is 4.90. The summed E-state index contributed by atoms with van der Waals surface area (Å²) in [7, 11) is 0. The van der Waals surface area contributed by atoms with Gasteiger partial charge in [0.25, 0.3) is 0 Å². The number of nitrogens with zero attached hydrogens (tertiary/aromatic N) is 4. The van der Waals surface area contributed by atoms with Crippen LogP contribution in [0.3, 0.4) is 0 Å². The molecule has 6 heteroatoms. The van der Waals surface area contributed by atoms with Crippen molar-refractivity contribution in [2.75, 3.05) is 0 Å². The first-order chi connectivity index (χ1) is 9.24. The van der Waals surface area contributed by atoms with Crippen LogP contribution in [0.15, 0.2) is 18.5 Å². The van der Waals surface area contributed by atoms with Crippen LogP contribution in [0.25, 0.3) is 0 Å². The number of pyridine rings is 1. The fourth-order valence-corrected chi connectivity index (χ4v) is 2.17. The molecule has 0 amide bonds. The van der Waals surface area contributed by atoms with E-state index in [1.165, 1.54) is 0 Å². The van der Waals surface area contributed by atoms with Crippen LogP contribution in [-0.2, 0) is 18.5 Å². The quantitative estimate of drug-likeness (QED) is 0.767. The van der Waals surface area contributed by atoms with E-state index in [-0.39, 0.29) is 0 Å². The van der Waals surface area contributed by atoms with Gasteiger partial charge in [-0.25, -0.2) is 9.67 Å². The standard InChI is InChI=1S/C13H17BrN4O/c1-3-6-18-13(15-9-16-18)8-19-12-5-4-10(2)17-11(12)7-14/h4-5,9H,3,6-8H2,1-2H3. The van der Waals surface area contributed by atoms with Crippen molar-refractivity contribution < 1.29 is 4.74 Å². The fraction of sp³-hybridized carbons (Fsp3) is 0.462. The largest absolute Gasteiger partial charge is 0.484 e. The van der Waals surface area contributed by atoms with Crippen molar-refractivity contribution in [3.8, 4) is 5.75 Å². The molecule has 2 aromatic rings. The first-order valence-corrected chi connectivity index (χ1v) is 7.38. The summed E-state index contributed by atoms with van der Waals surface area (Å²) in [5.74, 6) is 1.62. The molecule has 2 heterocycles. The van der Waals surface area contributed by atoms with Crippen LogP contribution >= 0.6 is 15.9 Å². The Morgan fingerprint density at radius 3 is 2.95 bits per heavy atom. The Hall–Kier alpha value is -1.43. The average molecular weight is 325 g/mol. The molecule has 0 spiro atoms. The topological polar surface area (TPSA) is 52.8 Å². The van der Waals surface area contributed by atoms with Crippen molar-refractivity contribution in [2.45, 2.75) is 38.8 Å². The molecule has 0 N–H and O–H groups in total. The predicted molar refractivity (Wildman–Crippen MR) is 76.3 cm³/mol. The molecule has 102 valence electrons. The van der Waals surface area contributed by atoms with Gasteiger partial charge in [-0.15, -0.1) is 0 Å². The predicted octanol–water partition coefficient (Wildman–Crippen LogP) is 2.87. The van der Waals surface area contributed by atoms with Crippen LogP contribution in [0.5, 0.6) is 5.75 Å². The van der Waals surface area contributed by atoms with Crippen LogP contribution in [-0.4, -0.2) is 19.7 Å². The van der Waals surface area contributed by atoms with Gasteiger partial charge in [0.1, 0.15) is 18.7 Å². The normalized spacial score (nSPS) is 10.7. The lowest BCUT2D eigenvalue weighted by Gasteiger charge is -2.10. The highest BCUT2D eigenvalue weighted by Crippen LogP contribution is 2.20. The van der Waals surface area contributed by atoms with E-state index < -0.39 is 0 Å². The summed E-state index contributed by atoms with van der Waals surface area (Å²) in [4.78, 5) is 8.65. The Morgan fingerprint density at radius 2 is 2.21 bits per heavy atom. The molecular formula is C13H17BrN4O. The number of hydrogen-bond donors (Lipinski definition) is 0. The van der Waals surface area contributed by atoms with E-state index in [9.17, 15) is 0 Å². The minimum Gasteiger partial charge on any atom is -0.484 e. The second kappa shape index (κ2) is 6.65. The van der Waals surface area contributed by atoms with Crippen LogP contribution in [0.2, 0.25) is 0 Å². The number of rotatable bonds is 6. The van der Waals surface area contributed by atoms with Crippen molar-refractivity contribution in [3.05, 3.63) is 35.7 Å². The maximum atomic E-state index is 5.80. The maximum Gasteiger partial charge on any atom is 0.164 e. The van der Waals surface area contributed by atoms with E-state index in [1.54, 1.807) is 6.33 Å². The second-order valence-electron chi connectivity index (χ2n) is 4.22. The average Bonchev–Trinajstić information content (AvgIpc) is 2.85. The number of halogens is 1. The molecule has 5 nitrogen and oxygen atoms in total. The summed E-state index contributed by atoms with van der Waals surface area (Å²) < 4.78 is 7.67. The van der Waals surface area contributed by atoms with Crippen LogP contribution in [0.4, 0.5) is 0 Å². The molecule has 0 bridgehead atoms. The lowest BCUT2D eigenvalue weighted by molar-refractivity contribution is 0.282. The van der Waals surface area contributed by atoms with E-state index >= 15 is 0 Å². The third-order valence-corrected chi connectivity index (χ3v) is 3.22. The van der Waals surface area contributed by atoms with E-state index in [4.69, 9.17) is 4.74 Å². The van der Waals surface area contributed by atoms with Gasteiger partial charge in [0, 0.05) is 17.6 Å². The Bertz CT molecular complexity index is 541. The van der Waals surface area contributed by atoms with E-state index in [2.05, 4.69) is 37.9 Å². The number of hydrogen-bond acceptors (Lipinski definition) is 4. The zero-order chi connectivity index (χ0) is 13.7. The van der Waals surface area contributed by atoms with E-state index in [0.29, 0.717) is 11.9 Å². The fourth-order valence-electron chi connectivity index (χ4n) is 1.77. The Labute approximate surface area is 121 Å². The zero-order valence-electron chi connectivity index (χ0n) is 11.1. The molecule has 19 heavy (non-hydrogen) atoms. The summed E-state index contributed by atoms with van der Waals surface area (Å²) >= 11 is 3.42. The van der Waals surface area contributed by atoms with Gasteiger partial charge in [-0.3, -0.25) is 4.98 Å². The Morgan fingerprint density at radius 1 is 1.37 bits per heavy atom. The van der Waals surface area contributed by atoms with Gasteiger partial charge in [0.2, 0.25) is 0 Å². The van der Waals surface area contributed by atoms with Crippen molar-refractivity contribution in [1.82, 2.24) is 19.7 Å². The van der Waals surface area contributed by atoms with Crippen molar-refractivity contribution in [2.24, 2.45) is 0 Å². The van der Waals surface area contributed by atoms with Gasteiger partial charge in [0.05, 0.1) is 5.69 Å². The molecular weight excluding hydrogens is 308 g/mol. The molecule has 0 saturated carbocycles. The summed E-state index contributed by atoms with van der Waals surface area (Å²) in [6.07, 6.45) is 2.59. The van der Waals surface area contributed by atoms with Gasteiger partial charge >= 0.3 is 0 Å². The number of ether oxygens (including phenoxy) is 1. The van der Waals surface area contributed by atoms with E-state index in [0.717, 1.165) is 35.9 Å². The molecule has 0 fully saturated rings. The SMILES string of the molecule is CCCn1ncnc1COc1ccc(C)nc1CBr. The van der Waals surface area contributed by atoms with Crippen molar-refractivity contribution in [3.63, 3.8) is 0 Å². The molecule has 0 saturated heterocycles. The number of aryl methyl sites for hydroxylation is 2. The summed E-state index contributed by atoms with van der Waals surface area (Å²) in [6.45, 7) is 5.34. The smallest absolute Gasteiger partial charge is 0.164 e. The molecule has 0 unspecified atom stereocenters. The minimum absolute atomic E-state index is 0.407. The molecule has 0 aliphatic heterocycles. The van der Waals surface area contributed by atoms with Crippen LogP contribution in [0.1, 0.15) is 30.6 Å². The first-order valence-electron chi connectivity index (χ1n) is 6.26.